The van der Waals surface area contributed by atoms with E-state index in [1.54, 1.807) is 41.2 Å². The van der Waals surface area contributed by atoms with Crippen LogP contribution in [0.15, 0.2) is 65.7 Å². The summed E-state index contributed by atoms with van der Waals surface area (Å²) in [6.07, 6.45) is 11.8. The van der Waals surface area contributed by atoms with Crippen LogP contribution in [0.5, 0.6) is 11.5 Å². The van der Waals surface area contributed by atoms with Crippen molar-refractivity contribution in [3.63, 3.8) is 0 Å². The van der Waals surface area contributed by atoms with Crippen molar-refractivity contribution in [2.45, 2.75) is 107 Å². The molecule has 3 N–H and O–H groups in total. The summed E-state index contributed by atoms with van der Waals surface area (Å²) in [7, 11) is 0. The zero-order valence-electron chi connectivity index (χ0n) is 32.8. The number of rotatable bonds is 9. The van der Waals surface area contributed by atoms with Gasteiger partial charge >= 0.3 is 0 Å². The molecular formula is C43H49F2N7O5S. The van der Waals surface area contributed by atoms with Crippen LogP contribution in [0.4, 0.5) is 20.2 Å². The molecular weight excluding hydrogens is 765 g/mol. The van der Waals surface area contributed by atoms with Gasteiger partial charge in [0.1, 0.15) is 29.2 Å². The normalized spacial score (nSPS) is 21.0. The van der Waals surface area contributed by atoms with Gasteiger partial charge in [0.25, 0.3) is 5.56 Å². The summed E-state index contributed by atoms with van der Waals surface area (Å²) in [6.45, 7) is 6.61. The largest absolute Gasteiger partial charge is 0.453 e. The number of aromatic nitrogens is 2. The smallest absolute Gasteiger partial charge is 0.261 e. The number of nitrogens with one attached hydrogen (secondary N) is 3. The molecule has 2 atom stereocenters. The summed E-state index contributed by atoms with van der Waals surface area (Å²) in [5, 5.41) is 15.6. The number of carbonyl (C=O) groups is 2. The Hall–Kier alpha value is -5.04. The molecule has 3 aliphatic heterocycles. The fourth-order valence-corrected chi connectivity index (χ4v) is 8.82. The zero-order valence-corrected chi connectivity index (χ0v) is 33.6. The van der Waals surface area contributed by atoms with Gasteiger partial charge in [0.15, 0.2) is 11.6 Å². The number of nitriles is 1. The molecule has 4 fully saturated rings. The van der Waals surface area contributed by atoms with Crippen LogP contribution in [0, 0.1) is 23.0 Å². The third-order valence-corrected chi connectivity index (χ3v) is 12.2. The minimum Gasteiger partial charge on any atom is -0.453 e. The van der Waals surface area contributed by atoms with Crippen molar-refractivity contribution >= 4 is 46.0 Å². The Morgan fingerprint density at radius 3 is 2.53 bits per heavy atom. The molecule has 2 unspecified atom stereocenters. The standard InChI is InChI=1S/C32H38FN5O3S.C11H11FN2O2/c1-21(2)42-36-29-11-9-27(33)30(26(29)18-34)41-24-8-10-28-25(16-24)31(39)38(20-35-28)23-17-32(40-19-23)12-14-37(15-13-32)22-6-4-3-5-7-22;12-7-2-1-3-8(6-7)13-9-4-5-10(15)14-11(9)16/h8-11,16,20-23,36H,3-7,12-15,17,19H2,1-2H3;1-3,6,9,13H,4-5H2,(H,14,15,16). The highest BCUT2D eigenvalue weighted by Gasteiger charge is 2.44. The summed E-state index contributed by atoms with van der Waals surface area (Å²) < 4.78 is 44.9. The number of likely N-dealkylation sites (tertiary alicyclic amines) is 1. The molecule has 3 aromatic carbocycles. The second kappa shape index (κ2) is 18.3. The lowest BCUT2D eigenvalue weighted by Gasteiger charge is -2.43. The number of piperidine rings is 2. The molecule has 306 valence electrons. The maximum Gasteiger partial charge on any atom is 0.261 e. The molecule has 4 aromatic rings. The van der Waals surface area contributed by atoms with Gasteiger partial charge in [-0.3, -0.25) is 24.3 Å². The van der Waals surface area contributed by atoms with Gasteiger partial charge in [-0.25, -0.2) is 13.8 Å². The fraction of sp³-hybridized carbons (Fsp3) is 0.465. The van der Waals surface area contributed by atoms with Crippen LogP contribution in [0.25, 0.3) is 10.9 Å². The van der Waals surface area contributed by atoms with Crippen molar-refractivity contribution in [1.82, 2.24) is 19.8 Å². The van der Waals surface area contributed by atoms with E-state index in [2.05, 4.69) is 31.3 Å². The number of carbonyl (C=O) groups excluding carboxylic acids is 2. The fourth-order valence-electron chi connectivity index (χ4n) is 8.29. The maximum atomic E-state index is 14.9. The number of hydrogen-bond donors (Lipinski definition) is 3. The average Bonchev–Trinajstić information content (AvgIpc) is 3.63. The first-order valence-corrected chi connectivity index (χ1v) is 21.0. The molecule has 8 rings (SSSR count). The van der Waals surface area contributed by atoms with Crippen LogP contribution < -0.4 is 25.7 Å². The van der Waals surface area contributed by atoms with Gasteiger partial charge in [-0.1, -0.05) is 39.2 Å². The Balaban J connectivity index is 0.000000267. The molecule has 4 heterocycles. The molecule has 2 amide bonds. The number of nitrogens with zero attached hydrogens (tertiary/aromatic N) is 4. The lowest BCUT2D eigenvalue weighted by Crippen LogP contribution is -2.48. The number of ether oxygens (including phenoxy) is 2. The minimum atomic E-state index is -0.654. The number of imide groups is 1. The van der Waals surface area contributed by atoms with Crippen LogP contribution in [-0.2, 0) is 14.3 Å². The topological polar surface area (TPSA) is 151 Å². The van der Waals surface area contributed by atoms with Crippen molar-refractivity contribution in [3.05, 3.63) is 88.5 Å². The SMILES string of the molecule is CC(C)SNc1ccc(F)c(Oc2ccc3ncn(C4COC5(CCN(C6CCCCC6)CC5)C4)c(=O)c3c2)c1C#N.O=C1CCC(Nc2cccc(F)c2)C(=O)N1. The van der Waals surface area contributed by atoms with E-state index in [4.69, 9.17) is 9.47 Å². The number of halogens is 2. The van der Waals surface area contributed by atoms with Gasteiger partial charge < -0.3 is 24.4 Å². The van der Waals surface area contributed by atoms with E-state index in [1.165, 1.54) is 68.3 Å². The van der Waals surface area contributed by atoms with Crippen molar-refractivity contribution in [1.29, 1.82) is 5.26 Å². The van der Waals surface area contributed by atoms with E-state index in [9.17, 15) is 28.4 Å². The van der Waals surface area contributed by atoms with Crippen molar-refractivity contribution in [3.8, 4) is 17.6 Å². The van der Waals surface area contributed by atoms with E-state index in [0.717, 1.165) is 32.4 Å². The van der Waals surface area contributed by atoms with Gasteiger partial charge in [0, 0.05) is 36.5 Å². The first-order valence-electron chi connectivity index (χ1n) is 20.1. The quantitative estimate of drug-likeness (QED) is 0.112. The van der Waals surface area contributed by atoms with Crippen LogP contribution in [0.2, 0.25) is 0 Å². The third kappa shape index (κ3) is 9.62. The Labute approximate surface area is 340 Å². The Kier molecular flexibility index (Phi) is 13.0. The monoisotopic (exact) mass is 813 g/mol. The predicted octanol–water partition coefficient (Wildman–Crippen LogP) is 7.84. The average molecular weight is 814 g/mol. The second-order valence-corrected chi connectivity index (χ2v) is 17.1. The molecule has 0 bridgehead atoms. The highest BCUT2D eigenvalue weighted by Crippen LogP contribution is 2.42. The lowest BCUT2D eigenvalue weighted by molar-refractivity contribution is -0.133. The van der Waals surface area contributed by atoms with E-state index >= 15 is 0 Å². The summed E-state index contributed by atoms with van der Waals surface area (Å²) in [5.41, 5.74) is 1.23. The van der Waals surface area contributed by atoms with E-state index in [-0.39, 0.29) is 57.1 Å². The molecule has 1 aromatic heterocycles. The molecule has 12 nitrogen and oxygen atoms in total. The predicted molar refractivity (Wildman–Crippen MR) is 220 cm³/mol. The molecule has 0 radical (unpaired) electrons. The molecule has 15 heteroatoms. The molecule has 1 spiro atoms. The van der Waals surface area contributed by atoms with Crippen LogP contribution in [0.1, 0.15) is 89.7 Å². The number of amides is 2. The Morgan fingerprint density at radius 2 is 1.81 bits per heavy atom. The Bertz CT molecular complexity index is 2230. The summed E-state index contributed by atoms with van der Waals surface area (Å²) in [5.74, 6) is -1.56. The van der Waals surface area contributed by atoms with E-state index in [0.29, 0.717) is 47.8 Å². The molecule has 1 aliphatic carbocycles. The Morgan fingerprint density at radius 1 is 1.02 bits per heavy atom. The maximum absolute atomic E-state index is 14.9. The summed E-state index contributed by atoms with van der Waals surface area (Å²) in [4.78, 5) is 43.2. The van der Waals surface area contributed by atoms with Crippen molar-refractivity contribution in [2.75, 3.05) is 29.7 Å². The highest BCUT2D eigenvalue weighted by atomic mass is 32.2. The molecule has 1 saturated carbocycles. The first-order chi connectivity index (χ1) is 28.0. The lowest BCUT2D eigenvalue weighted by atomic mass is 9.85. The first kappa shape index (κ1) is 41.1. The van der Waals surface area contributed by atoms with Gasteiger partial charge in [0.05, 0.1) is 41.2 Å². The number of anilines is 2. The van der Waals surface area contributed by atoms with Crippen molar-refractivity contribution < 1.29 is 27.8 Å². The summed E-state index contributed by atoms with van der Waals surface area (Å²) in [6, 6.07) is 15.8. The minimum absolute atomic E-state index is 0.0646. The second-order valence-electron chi connectivity index (χ2n) is 15.8. The zero-order chi connectivity index (χ0) is 40.8. The van der Waals surface area contributed by atoms with Crippen molar-refractivity contribution in [2.24, 2.45) is 0 Å². The van der Waals surface area contributed by atoms with Gasteiger partial charge in [-0.15, -0.1) is 0 Å². The number of hydrogen-bond acceptors (Lipinski definition) is 11. The van der Waals surface area contributed by atoms with Gasteiger partial charge in [0.2, 0.25) is 11.8 Å². The number of fused-ring (bicyclic) bond motifs is 1. The highest BCUT2D eigenvalue weighted by molar-refractivity contribution is 8.01. The van der Waals surface area contributed by atoms with Gasteiger partial charge in [-0.2, -0.15) is 5.26 Å². The van der Waals surface area contributed by atoms with E-state index in [1.807, 2.05) is 13.8 Å². The third-order valence-electron chi connectivity index (χ3n) is 11.4. The molecule has 4 aliphatic rings. The van der Waals surface area contributed by atoms with Crippen LogP contribution >= 0.6 is 11.9 Å². The number of benzene rings is 3. The summed E-state index contributed by atoms with van der Waals surface area (Å²) >= 11 is 1.42. The van der Waals surface area contributed by atoms with Gasteiger partial charge in [-0.05, 0) is 99.0 Å². The van der Waals surface area contributed by atoms with E-state index < -0.39 is 11.9 Å². The van der Waals surface area contributed by atoms with Crippen LogP contribution in [-0.4, -0.2) is 68.9 Å². The molecule has 58 heavy (non-hydrogen) atoms. The molecule has 3 saturated heterocycles. The van der Waals surface area contributed by atoms with Crippen LogP contribution in [0.3, 0.4) is 0 Å².